The molecule has 7 nitrogen and oxygen atoms in total. The Labute approximate surface area is 170 Å². The number of rotatable bonds is 6. The molecular formula is C20H29N5O2S. The summed E-state index contributed by atoms with van der Waals surface area (Å²) in [6.07, 6.45) is 3.87. The number of nitrogens with zero attached hydrogens (tertiary/aromatic N) is 4. The molecule has 0 unspecified atom stereocenters. The van der Waals surface area contributed by atoms with Gasteiger partial charge in [0.15, 0.2) is 5.82 Å². The molecule has 0 radical (unpaired) electrons. The van der Waals surface area contributed by atoms with Crippen molar-refractivity contribution in [1.29, 1.82) is 0 Å². The van der Waals surface area contributed by atoms with E-state index < -0.39 is 0 Å². The van der Waals surface area contributed by atoms with Crippen molar-refractivity contribution < 1.29 is 9.53 Å². The van der Waals surface area contributed by atoms with E-state index in [1.807, 2.05) is 36.1 Å². The second-order valence-electron chi connectivity index (χ2n) is 7.43. The lowest BCUT2D eigenvalue weighted by Gasteiger charge is -2.40. The molecule has 2 N–H and O–H groups in total. The van der Waals surface area contributed by atoms with Crippen LogP contribution in [0.5, 0.6) is 5.75 Å². The molecule has 0 bridgehead atoms. The van der Waals surface area contributed by atoms with Gasteiger partial charge in [0.25, 0.3) is 0 Å². The van der Waals surface area contributed by atoms with E-state index in [0.29, 0.717) is 17.4 Å². The van der Waals surface area contributed by atoms with Gasteiger partial charge in [-0.15, -0.1) is 10.2 Å². The number of likely N-dealkylation sites (tertiary alicyclic amines) is 1. The fraction of sp³-hybridized carbons (Fsp3) is 0.550. The summed E-state index contributed by atoms with van der Waals surface area (Å²) in [4.78, 5) is 15.0. The number of amides is 1. The summed E-state index contributed by atoms with van der Waals surface area (Å²) < 4.78 is 6.67. The van der Waals surface area contributed by atoms with Crippen LogP contribution in [-0.2, 0) is 11.2 Å². The first-order valence-corrected chi connectivity index (χ1v) is 10.6. The summed E-state index contributed by atoms with van der Waals surface area (Å²) in [7, 11) is 1.64. The van der Waals surface area contributed by atoms with Crippen molar-refractivity contribution in [2.75, 3.05) is 13.0 Å². The van der Waals surface area contributed by atoms with Crippen LogP contribution in [0.2, 0.25) is 0 Å². The van der Waals surface area contributed by atoms with Gasteiger partial charge in [0.1, 0.15) is 5.75 Å². The Morgan fingerprint density at radius 2 is 1.89 bits per heavy atom. The number of methoxy groups -OCH3 is 1. The molecule has 0 saturated carbocycles. The smallest absolute Gasteiger partial charge is 0.236 e. The van der Waals surface area contributed by atoms with Crippen LogP contribution in [0.3, 0.4) is 0 Å². The quantitative estimate of drug-likeness (QED) is 0.590. The van der Waals surface area contributed by atoms with Crippen molar-refractivity contribution in [2.45, 2.75) is 68.9 Å². The molecule has 28 heavy (non-hydrogen) atoms. The number of carbonyl (C=O) groups excluding carboxylic acids is 1. The van der Waals surface area contributed by atoms with E-state index >= 15 is 0 Å². The highest BCUT2D eigenvalue weighted by atomic mass is 32.2. The summed E-state index contributed by atoms with van der Waals surface area (Å²) in [6, 6.07) is 8.33. The van der Waals surface area contributed by atoms with Crippen molar-refractivity contribution in [3.05, 3.63) is 35.7 Å². The predicted molar refractivity (Wildman–Crippen MR) is 111 cm³/mol. The number of benzene rings is 1. The van der Waals surface area contributed by atoms with Crippen LogP contribution in [0.25, 0.3) is 0 Å². The second kappa shape index (κ2) is 8.86. The Hall–Kier alpha value is -2.22. The average Bonchev–Trinajstić information content (AvgIpc) is 3.01. The van der Waals surface area contributed by atoms with Crippen LogP contribution in [-0.4, -0.2) is 50.1 Å². The van der Waals surface area contributed by atoms with E-state index in [4.69, 9.17) is 10.6 Å². The van der Waals surface area contributed by atoms with Gasteiger partial charge in [0.2, 0.25) is 11.1 Å². The lowest BCUT2D eigenvalue weighted by molar-refractivity contribution is -0.136. The number of thioether (sulfide) groups is 1. The van der Waals surface area contributed by atoms with Crippen LogP contribution >= 0.6 is 11.8 Å². The molecule has 1 saturated heterocycles. The molecule has 2 heterocycles. The summed E-state index contributed by atoms with van der Waals surface area (Å²) in [5.74, 6) is 7.82. The maximum atomic E-state index is 13.0. The molecule has 3 atom stereocenters. The first-order valence-electron chi connectivity index (χ1n) is 9.71. The molecule has 1 amide bonds. The maximum absolute atomic E-state index is 13.0. The summed E-state index contributed by atoms with van der Waals surface area (Å²) >= 11 is 1.37. The molecule has 1 aliphatic heterocycles. The fourth-order valence-electron chi connectivity index (χ4n) is 3.71. The molecule has 2 aromatic rings. The van der Waals surface area contributed by atoms with E-state index in [1.165, 1.54) is 22.9 Å². The highest BCUT2D eigenvalue weighted by Gasteiger charge is 2.32. The number of hydrogen-bond acceptors (Lipinski definition) is 6. The summed E-state index contributed by atoms with van der Waals surface area (Å²) in [6.45, 7) is 6.17. The van der Waals surface area contributed by atoms with Crippen LogP contribution in [0.4, 0.5) is 0 Å². The molecular weight excluding hydrogens is 374 g/mol. The van der Waals surface area contributed by atoms with Crippen molar-refractivity contribution in [1.82, 2.24) is 19.8 Å². The highest BCUT2D eigenvalue weighted by molar-refractivity contribution is 8.00. The minimum absolute atomic E-state index is 0.143. The third kappa shape index (κ3) is 4.43. The van der Waals surface area contributed by atoms with Gasteiger partial charge in [-0.05, 0) is 57.7 Å². The van der Waals surface area contributed by atoms with E-state index in [0.717, 1.165) is 24.2 Å². The van der Waals surface area contributed by atoms with Crippen LogP contribution < -0.4 is 10.6 Å². The number of nitrogen functional groups attached to an aromatic ring is 1. The lowest BCUT2D eigenvalue weighted by atomic mass is 9.97. The van der Waals surface area contributed by atoms with Crippen molar-refractivity contribution in [3.8, 4) is 5.75 Å². The number of aromatic nitrogens is 3. The molecule has 8 heteroatoms. The van der Waals surface area contributed by atoms with Gasteiger partial charge in [-0.3, -0.25) is 4.79 Å². The average molecular weight is 404 g/mol. The number of carbonyl (C=O) groups is 1. The maximum Gasteiger partial charge on any atom is 0.236 e. The van der Waals surface area contributed by atoms with Gasteiger partial charge < -0.3 is 15.5 Å². The topological polar surface area (TPSA) is 86.3 Å². The first-order chi connectivity index (χ1) is 13.4. The Morgan fingerprint density at radius 3 is 2.50 bits per heavy atom. The lowest BCUT2D eigenvalue weighted by Crippen LogP contribution is -2.50. The van der Waals surface area contributed by atoms with Crippen LogP contribution in [0.1, 0.15) is 51.4 Å². The molecule has 3 rings (SSSR count). The van der Waals surface area contributed by atoms with E-state index in [2.05, 4.69) is 24.0 Å². The third-order valence-corrected chi connectivity index (χ3v) is 6.38. The molecule has 1 aliphatic rings. The van der Waals surface area contributed by atoms with Crippen LogP contribution in [0.15, 0.2) is 29.4 Å². The van der Waals surface area contributed by atoms with Crippen molar-refractivity contribution >= 4 is 17.7 Å². The standard InChI is InChI=1S/C20H29N5O2S/c1-13-6-5-7-14(2)24(13)19(26)15(3)28-20-23-22-18(25(20)21)12-16-8-10-17(27-4)11-9-16/h8-11,13-15H,5-7,12,21H2,1-4H3/t13-,14+,15-/m1/s1. The van der Waals surface area contributed by atoms with Gasteiger partial charge in [-0.2, -0.15) is 0 Å². The van der Waals surface area contributed by atoms with E-state index in [-0.39, 0.29) is 23.2 Å². The zero-order valence-corrected chi connectivity index (χ0v) is 17.8. The zero-order valence-electron chi connectivity index (χ0n) is 17.0. The fourth-order valence-corrected chi connectivity index (χ4v) is 4.55. The monoisotopic (exact) mass is 403 g/mol. The highest BCUT2D eigenvalue weighted by Crippen LogP contribution is 2.28. The number of hydrogen-bond donors (Lipinski definition) is 1. The van der Waals surface area contributed by atoms with Gasteiger partial charge in [-0.1, -0.05) is 23.9 Å². The first kappa shape index (κ1) is 20.5. The van der Waals surface area contributed by atoms with Crippen LogP contribution in [0, 0.1) is 0 Å². The van der Waals surface area contributed by atoms with E-state index in [9.17, 15) is 4.79 Å². The van der Waals surface area contributed by atoms with Gasteiger partial charge in [-0.25, -0.2) is 4.68 Å². The molecule has 0 aliphatic carbocycles. The zero-order chi connectivity index (χ0) is 20.3. The number of piperidine rings is 1. The van der Waals surface area contributed by atoms with Gasteiger partial charge in [0, 0.05) is 18.5 Å². The molecule has 1 fully saturated rings. The molecule has 152 valence electrons. The minimum atomic E-state index is -0.261. The Bertz CT molecular complexity index is 797. The second-order valence-corrected chi connectivity index (χ2v) is 8.74. The third-order valence-electron chi connectivity index (χ3n) is 5.33. The molecule has 1 aromatic heterocycles. The largest absolute Gasteiger partial charge is 0.497 e. The minimum Gasteiger partial charge on any atom is -0.497 e. The Morgan fingerprint density at radius 1 is 1.25 bits per heavy atom. The molecule has 0 spiro atoms. The molecule has 1 aromatic carbocycles. The normalized spacial score (nSPS) is 20.8. The number of nitrogens with two attached hydrogens (primary N) is 1. The van der Waals surface area contributed by atoms with Crippen molar-refractivity contribution in [2.24, 2.45) is 0 Å². The van der Waals surface area contributed by atoms with Gasteiger partial charge >= 0.3 is 0 Å². The Balaban J connectivity index is 1.66. The SMILES string of the molecule is COc1ccc(Cc2nnc(S[C@H](C)C(=O)N3[C@H](C)CCC[C@@H]3C)n2N)cc1. The van der Waals surface area contributed by atoms with E-state index in [1.54, 1.807) is 7.11 Å². The van der Waals surface area contributed by atoms with Crippen molar-refractivity contribution in [3.63, 3.8) is 0 Å². The predicted octanol–water partition coefficient (Wildman–Crippen LogP) is 2.86. The number of ether oxygens (including phenoxy) is 1. The summed E-state index contributed by atoms with van der Waals surface area (Å²) in [5, 5.41) is 8.72. The summed E-state index contributed by atoms with van der Waals surface area (Å²) in [5.41, 5.74) is 1.07. The Kier molecular flexibility index (Phi) is 6.49. The van der Waals surface area contributed by atoms with Gasteiger partial charge in [0.05, 0.1) is 12.4 Å².